The second-order valence-electron chi connectivity index (χ2n) is 4.96. The van der Waals surface area contributed by atoms with Crippen LogP contribution in [0.2, 0.25) is 0 Å². The number of nitrogens with zero attached hydrogens (tertiary/aromatic N) is 1. The van der Waals surface area contributed by atoms with Gasteiger partial charge in [0.15, 0.2) is 0 Å². The highest BCUT2D eigenvalue weighted by Gasteiger charge is 2.29. The number of methoxy groups -OCH3 is 2. The molecule has 1 N–H and O–H groups in total. The van der Waals surface area contributed by atoms with Crippen LogP contribution in [0.1, 0.15) is 18.4 Å². The van der Waals surface area contributed by atoms with E-state index >= 15 is 0 Å². The van der Waals surface area contributed by atoms with Crippen LogP contribution in [0.5, 0.6) is 5.88 Å². The number of rotatable bonds is 6. The van der Waals surface area contributed by atoms with Gasteiger partial charge in [0.05, 0.1) is 14.2 Å². The summed E-state index contributed by atoms with van der Waals surface area (Å²) >= 11 is 0. The lowest BCUT2D eigenvalue weighted by Gasteiger charge is -2.19. The summed E-state index contributed by atoms with van der Waals surface area (Å²) < 4.78 is 15.3. The number of hydrogen-bond acceptors (Lipinski definition) is 6. The number of nitrogens with one attached hydrogen (secondary N) is 1. The SMILES string of the molecule is COC(=O)[C@H](Cc1cccnc1OC)NC(=O)[C@H]1CCCO1. The van der Waals surface area contributed by atoms with Gasteiger partial charge in [-0.1, -0.05) is 6.07 Å². The van der Waals surface area contributed by atoms with Gasteiger partial charge < -0.3 is 19.5 Å². The fourth-order valence-corrected chi connectivity index (χ4v) is 2.37. The summed E-state index contributed by atoms with van der Waals surface area (Å²) in [5.41, 5.74) is 0.716. The molecule has 0 saturated carbocycles. The topological polar surface area (TPSA) is 86.8 Å². The standard InChI is InChI=1S/C15H20N2O5/c1-20-14-10(5-3-7-16-14)9-11(15(19)21-2)17-13(18)12-6-4-8-22-12/h3,5,7,11-12H,4,6,8-9H2,1-2H3,(H,17,18)/t11-,12+/m0/s1. The second-order valence-corrected chi connectivity index (χ2v) is 4.96. The maximum absolute atomic E-state index is 12.1. The Morgan fingerprint density at radius 3 is 2.95 bits per heavy atom. The number of carbonyl (C=O) groups excluding carboxylic acids is 2. The molecule has 1 aliphatic rings. The summed E-state index contributed by atoms with van der Waals surface area (Å²) in [5, 5.41) is 2.69. The van der Waals surface area contributed by atoms with Crippen LogP contribution in [0.3, 0.4) is 0 Å². The Labute approximate surface area is 129 Å². The zero-order valence-corrected chi connectivity index (χ0v) is 12.7. The molecule has 1 aliphatic heterocycles. The zero-order valence-electron chi connectivity index (χ0n) is 12.7. The second kappa shape index (κ2) is 7.74. The van der Waals surface area contributed by atoms with Crippen LogP contribution < -0.4 is 10.1 Å². The van der Waals surface area contributed by atoms with Gasteiger partial charge in [0, 0.05) is 24.8 Å². The lowest BCUT2D eigenvalue weighted by Crippen LogP contribution is -2.47. The summed E-state index contributed by atoms with van der Waals surface area (Å²) in [6, 6.07) is 2.73. The third-order valence-corrected chi connectivity index (χ3v) is 3.49. The number of amides is 1. The van der Waals surface area contributed by atoms with Crippen LogP contribution in [-0.4, -0.2) is 49.8 Å². The van der Waals surface area contributed by atoms with E-state index in [1.165, 1.54) is 14.2 Å². The van der Waals surface area contributed by atoms with E-state index < -0.39 is 18.1 Å². The molecule has 0 unspecified atom stereocenters. The first-order chi connectivity index (χ1) is 10.7. The first-order valence-electron chi connectivity index (χ1n) is 7.13. The van der Waals surface area contributed by atoms with E-state index in [-0.39, 0.29) is 12.3 Å². The van der Waals surface area contributed by atoms with Gasteiger partial charge in [-0.25, -0.2) is 9.78 Å². The zero-order chi connectivity index (χ0) is 15.9. The number of esters is 1. The molecular weight excluding hydrogens is 288 g/mol. The van der Waals surface area contributed by atoms with Crippen molar-refractivity contribution in [1.82, 2.24) is 10.3 Å². The van der Waals surface area contributed by atoms with Gasteiger partial charge in [-0.3, -0.25) is 4.79 Å². The van der Waals surface area contributed by atoms with E-state index in [4.69, 9.17) is 14.2 Å². The van der Waals surface area contributed by atoms with Gasteiger partial charge in [0.2, 0.25) is 11.8 Å². The highest BCUT2D eigenvalue weighted by Crippen LogP contribution is 2.17. The van der Waals surface area contributed by atoms with E-state index in [9.17, 15) is 9.59 Å². The molecule has 1 aromatic rings. The molecule has 7 heteroatoms. The number of ether oxygens (including phenoxy) is 3. The minimum Gasteiger partial charge on any atom is -0.481 e. The van der Waals surface area contributed by atoms with Crippen LogP contribution in [0.4, 0.5) is 0 Å². The normalized spacial score (nSPS) is 18.5. The summed E-state index contributed by atoms with van der Waals surface area (Å²) in [6.45, 7) is 0.567. The molecule has 0 aromatic carbocycles. The molecule has 0 bridgehead atoms. The minimum atomic E-state index is -0.806. The van der Waals surface area contributed by atoms with Crippen molar-refractivity contribution in [1.29, 1.82) is 0 Å². The van der Waals surface area contributed by atoms with Crippen molar-refractivity contribution < 1.29 is 23.8 Å². The van der Waals surface area contributed by atoms with E-state index in [1.54, 1.807) is 18.3 Å². The summed E-state index contributed by atoms with van der Waals surface area (Å²) in [6.07, 6.45) is 2.85. The molecule has 1 fully saturated rings. The van der Waals surface area contributed by atoms with Crippen molar-refractivity contribution >= 4 is 11.9 Å². The molecule has 1 aromatic heterocycles. The van der Waals surface area contributed by atoms with Crippen LogP contribution in [0.15, 0.2) is 18.3 Å². The number of aromatic nitrogens is 1. The van der Waals surface area contributed by atoms with Crippen molar-refractivity contribution in [3.05, 3.63) is 23.9 Å². The van der Waals surface area contributed by atoms with Gasteiger partial charge in [-0.15, -0.1) is 0 Å². The molecule has 120 valence electrons. The number of pyridine rings is 1. The molecule has 7 nitrogen and oxygen atoms in total. The first-order valence-corrected chi connectivity index (χ1v) is 7.13. The van der Waals surface area contributed by atoms with Gasteiger partial charge in [0.25, 0.3) is 0 Å². The van der Waals surface area contributed by atoms with Gasteiger partial charge in [-0.2, -0.15) is 0 Å². The minimum absolute atomic E-state index is 0.238. The largest absolute Gasteiger partial charge is 0.481 e. The molecular formula is C15H20N2O5. The maximum atomic E-state index is 12.1. The molecule has 2 atom stereocenters. The fourth-order valence-electron chi connectivity index (χ4n) is 2.37. The lowest BCUT2D eigenvalue weighted by atomic mass is 10.1. The van der Waals surface area contributed by atoms with Gasteiger partial charge in [-0.05, 0) is 18.9 Å². The molecule has 0 aliphatic carbocycles. The van der Waals surface area contributed by atoms with E-state index in [1.807, 2.05) is 0 Å². The van der Waals surface area contributed by atoms with Crippen LogP contribution in [-0.2, 0) is 25.5 Å². The number of carbonyl (C=O) groups is 2. The Morgan fingerprint density at radius 1 is 1.50 bits per heavy atom. The Hall–Kier alpha value is -2.15. The Bertz CT molecular complexity index is 528. The summed E-state index contributed by atoms with van der Waals surface area (Å²) in [4.78, 5) is 28.1. The highest BCUT2D eigenvalue weighted by molar-refractivity contribution is 5.87. The Balaban J connectivity index is 2.08. The summed E-state index contributed by atoms with van der Waals surface area (Å²) in [7, 11) is 2.79. The summed E-state index contributed by atoms with van der Waals surface area (Å²) in [5.74, 6) is -0.393. The maximum Gasteiger partial charge on any atom is 0.328 e. The van der Waals surface area contributed by atoms with Crippen molar-refractivity contribution in [3.8, 4) is 5.88 Å². The first kappa shape index (κ1) is 16.2. The fraction of sp³-hybridized carbons (Fsp3) is 0.533. The Morgan fingerprint density at radius 2 is 2.32 bits per heavy atom. The molecule has 0 spiro atoms. The molecule has 0 radical (unpaired) electrons. The highest BCUT2D eigenvalue weighted by atomic mass is 16.5. The van der Waals surface area contributed by atoms with E-state index in [2.05, 4.69) is 10.3 Å². The molecule has 1 amide bonds. The Kier molecular flexibility index (Phi) is 5.71. The van der Waals surface area contributed by atoms with Gasteiger partial charge in [0.1, 0.15) is 12.1 Å². The number of hydrogen-bond donors (Lipinski definition) is 1. The lowest BCUT2D eigenvalue weighted by molar-refractivity contribution is -0.146. The van der Waals surface area contributed by atoms with Crippen molar-refractivity contribution in [2.24, 2.45) is 0 Å². The molecule has 22 heavy (non-hydrogen) atoms. The van der Waals surface area contributed by atoms with Crippen LogP contribution >= 0.6 is 0 Å². The monoisotopic (exact) mass is 308 g/mol. The predicted octanol–water partition coefficient (Wildman–Crippen LogP) is 0.469. The van der Waals surface area contributed by atoms with Crippen LogP contribution in [0.25, 0.3) is 0 Å². The third kappa shape index (κ3) is 3.94. The molecule has 2 heterocycles. The molecule has 1 saturated heterocycles. The average molecular weight is 308 g/mol. The van der Waals surface area contributed by atoms with Crippen LogP contribution in [0, 0.1) is 0 Å². The van der Waals surface area contributed by atoms with Gasteiger partial charge >= 0.3 is 5.97 Å². The van der Waals surface area contributed by atoms with Crippen molar-refractivity contribution in [2.45, 2.75) is 31.4 Å². The third-order valence-electron chi connectivity index (χ3n) is 3.49. The van der Waals surface area contributed by atoms with E-state index in [0.717, 1.165) is 6.42 Å². The van der Waals surface area contributed by atoms with Crippen molar-refractivity contribution in [2.75, 3.05) is 20.8 Å². The van der Waals surface area contributed by atoms with Crippen molar-refractivity contribution in [3.63, 3.8) is 0 Å². The molecule has 2 rings (SSSR count). The predicted molar refractivity (Wildman–Crippen MR) is 77.4 cm³/mol. The smallest absolute Gasteiger partial charge is 0.328 e. The quantitative estimate of drug-likeness (QED) is 0.769. The van der Waals surface area contributed by atoms with E-state index in [0.29, 0.717) is 24.5 Å². The average Bonchev–Trinajstić information content (AvgIpc) is 3.08.